The number of aryl methyl sites for hydroxylation is 2. The van der Waals surface area contributed by atoms with E-state index in [-0.39, 0.29) is 11.4 Å². The number of halogens is 2. The molecule has 0 spiro atoms. The third-order valence-electron chi connectivity index (χ3n) is 2.83. The van der Waals surface area contributed by atoms with Gasteiger partial charge in [0.25, 0.3) is 0 Å². The number of hydrazine groups is 1. The maximum absolute atomic E-state index is 14.1. The van der Waals surface area contributed by atoms with Gasteiger partial charge in [0.05, 0.1) is 0 Å². The smallest absolute Gasteiger partial charge is 0.151 e. The van der Waals surface area contributed by atoms with Gasteiger partial charge in [-0.05, 0) is 31.0 Å². The molecule has 2 aromatic rings. The average Bonchev–Trinajstić information content (AvgIpc) is 2.40. The first-order valence-corrected chi connectivity index (χ1v) is 5.73. The Labute approximate surface area is 109 Å². The number of nitrogens with two attached hydrogens (primary N) is 1. The molecule has 1 unspecified atom stereocenters. The van der Waals surface area contributed by atoms with Crippen LogP contribution in [0.2, 0.25) is 0 Å². The number of hydrogen-bond acceptors (Lipinski definition) is 4. The van der Waals surface area contributed by atoms with Gasteiger partial charge in [-0.2, -0.15) is 0 Å². The molecule has 6 heteroatoms. The number of nitrogens with one attached hydrogen (secondary N) is 1. The van der Waals surface area contributed by atoms with Crippen LogP contribution in [0, 0.1) is 25.5 Å². The monoisotopic (exact) mass is 264 g/mol. The number of benzene rings is 1. The molecular weight excluding hydrogens is 250 g/mol. The highest BCUT2D eigenvalue weighted by molar-refractivity contribution is 5.32. The lowest BCUT2D eigenvalue weighted by molar-refractivity contribution is 0.495. The van der Waals surface area contributed by atoms with Crippen molar-refractivity contribution in [1.82, 2.24) is 15.4 Å². The van der Waals surface area contributed by atoms with E-state index in [0.717, 1.165) is 5.56 Å². The highest BCUT2D eigenvalue weighted by Gasteiger charge is 2.24. The Morgan fingerprint density at radius 1 is 1.16 bits per heavy atom. The molecular formula is C13H14F2N4. The van der Waals surface area contributed by atoms with Gasteiger partial charge in [-0.15, -0.1) is 0 Å². The minimum Gasteiger partial charge on any atom is -0.270 e. The molecule has 3 N–H and O–H groups in total. The van der Waals surface area contributed by atoms with Crippen molar-refractivity contribution in [1.29, 1.82) is 0 Å². The minimum absolute atomic E-state index is 0.175. The van der Waals surface area contributed by atoms with Crippen LogP contribution < -0.4 is 11.3 Å². The Morgan fingerprint density at radius 2 is 1.79 bits per heavy atom. The van der Waals surface area contributed by atoms with Gasteiger partial charge in [-0.25, -0.2) is 24.2 Å². The van der Waals surface area contributed by atoms with Crippen LogP contribution in [0.3, 0.4) is 0 Å². The second-order valence-electron chi connectivity index (χ2n) is 4.31. The quantitative estimate of drug-likeness (QED) is 0.656. The molecule has 0 radical (unpaired) electrons. The predicted molar refractivity (Wildman–Crippen MR) is 67.0 cm³/mol. The molecule has 100 valence electrons. The molecule has 0 amide bonds. The maximum atomic E-state index is 14.1. The minimum atomic E-state index is -0.930. The van der Waals surface area contributed by atoms with Gasteiger partial charge in [0.1, 0.15) is 17.7 Å². The summed E-state index contributed by atoms with van der Waals surface area (Å²) in [6.45, 7) is 3.38. The molecule has 0 fully saturated rings. The van der Waals surface area contributed by atoms with Gasteiger partial charge in [-0.1, -0.05) is 6.07 Å². The van der Waals surface area contributed by atoms with Crippen molar-refractivity contribution in [2.24, 2.45) is 5.84 Å². The van der Waals surface area contributed by atoms with Gasteiger partial charge in [-0.3, -0.25) is 5.84 Å². The Morgan fingerprint density at radius 3 is 2.37 bits per heavy atom. The van der Waals surface area contributed by atoms with Crippen molar-refractivity contribution < 1.29 is 8.78 Å². The topological polar surface area (TPSA) is 63.8 Å². The highest BCUT2D eigenvalue weighted by Crippen LogP contribution is 2.26. The van der Waals surface area contributed by atoms with E-state index in [1.807, 2.05) is 6.92 Å². The fourth-order valence-corrected chi connectivity index (χ4v) is 1.78. The molecule has 0 aliphatic carbocycles. The van der Waals surface area contributed by atoms with Crippen molar-refractivity contribution >= 4 is 0 Å². The molecule has 1 aromatic carbocycles. The first kappa shape index (κ1) is 13.5. The molecule has 0 saturated heterocycles. The summed E-state index contributed by atoms with van der Waals surface area (Å²) in [6, 6.07) is 1.64. The van der Waals surface area contributed by atoms with Crippen LogP contribution in [0.4, 0.5) is 8.78 Å². The first-order valence-electron chi connectivity index (χ1n) is 5.73. The van der Waals surface area contributed by atoms with Crippen molar-refractivity contribution in [2.75, 3.05) is 0 Å². The van der Waals surface area contributed by atoms with Crippen LogP contribution in [0.5, 0.6) is 0 Å². The first-order chi connectivity index (χ1) is 9.04. The predicted octanol–water partition coefficient (Wildman–Crippen LogP) is 1.92. The van der Waals surface area contributed by atoms with E-state index in [1.165, 1.54) is 12.1 Å². The van der Waals surface area contributed by atoms with Gasteiger partial charge in [0, 0.05) is 18.0 Å². The largest absolute Gasteiger partial charge is 0.270 e. The van der Waals surface area contributed by atoms with E-state index >= 15 is 0 Å². The molecule has 1 heterocycles. The zero-order chi connectivity index (χ0) is 14.0. The van der Waals surface area contributed by atoms with Crippen molar-refractivity contribution in [3.8, 4) is 0 Å². The molecule has 4 nitrogen and oxygen atoms in total. The summed E-state index contributed by atoms with van der Waals surface area (Å²) in [5, 5.41) is 0. The van der Waals surface area contributed by atoms with Gasteiger partial charge in [0.15, 0.2) is 5.82 Å². The van der Waals surface area contributed by atoms with Crippen LogP contribution in [0.1, 0.15) is 28.6 Å². The molecule has 1 atom stereocenters. The van der Waals surface area contributed by atoms with E-state index in [9.17, 15) is 8.78 Å². The zero-order valence-electron chi connectivity index (χ0n) is 10.6. The SMILES string of the molecule is Cc1cnc(C(NN)c2c(F)ccc(C)c2F)nc1. The van der Waals surface area contributed by atoms with Crippen LogP contribution in [-0.2, 0) is 0 Å². The van der Waals surface area contributed by atoms with E-state index in [1.54, 1.807) is 19.3 Å². The lowest BCUT2D eigenvalue weighted by atomic mass is 10.0. The lowest BCUT2D eigenvalue weighted by Gasteiger charge is -2.17. The number of rotatable bonds is 3. The Balaban J connectivity index is 2.54. The van der Waals surface area contributed by atoms with Crippen molar-refractivity contribution in [2.45, 2.75) is 19.9 Å². The standard InChI is InChI=1S/C13H14F2N4/c1-7-5-17-13(18-6-7)12(19-16)10-9(14)4-3-8(2)11(10)15/h3-6,12,19H,16H2,1-2H3. The summed E-state index contributed by atoms with van der Waals surface area (Å²) in [5.74, 6) is 4.29. The fraction of sp³-hybridized carbons (Fsp3) is 0.231. The summed E-state index contributed by atoms with van der Waals surface area (Å²) in [5.41, 5.74) is 3.37. The second kappa shape index (κ2) is 5.38. The van der Waals surface area contributed by atoms with Gasteiger partial charge in [0.2, 0.25) is 0 Å². The number of aromatic nitrogens is 2. The lowest BCUT2D eigenvalue weighted by Crippen LogP contribution is -2.32. The zero-order valence-corrected chi connectivity index (χ0v) is 10.6. The van der Waals surface area contributed by atoms with Crippen molar-refractivity contribution in [3.63, 3.8) is 0 Å². The third-order valence-corrected chi connectivity index (χ3v) is 2.83. The van der Waals surface area contributed by atoms with Crippen LogP contribution in [0.15, 0.2) is 24.5 Å². The highest BCUT2D eigenvalue weighted by atomic mass is 19.1. The maximum Gasteiger partial charge on any atom is 0.151 e. The third kappa shape index (κ3) is 2.59. The van der Waals surface area contributed by atoms with E-state index < -0.39 is 17.7 Å². The average molecular weight is 264 g/mol. The summed E-state index contributed by atoms with van der Waals surface area (Å²) < 4.78 is 27.9. The van der Waals surface area contributed by atoms with E-state index in [4.69, 9.17) is 5.84 Å². The van der Waals surface area contributed by atoms with Gasteiger partial charge < -0.3 is 0 Å². The molecule has 0 aliphatic heterocycles. The van der Waals surface area contributed by atoms with Crippen LogP contribution in [0.25, 0.3) is 0 Å². The van der Waals surface area contributed by atoms with E-state index in [0.29, 0.717) is 5.56 Å². The Kier molecular flexibility index (Phi) is 3.82. The molecule has 0 aliphatic rings. The Hall–Kier alpha value is -1.92. The van der Waals surface area contributed by atoms with Crippen LogP contribution >= 0.6 is 0 Å². The van der Waals surface area contributed by atoms with Crippen LogP contribution in [-0.4, -0.2) is 9.97 Å². The summed E-state index contributed by atoms with van der Waals surface area (Å²) in [4.78, 5) is 8.10. The number of hydrogen-bond donors (Lipinski definition) is 2. The summed E-state index contributed by atoms with van der Waals surface area (Å²) in [6.07, 6.45) is 3.14. The molecule has 0 saturated carbocycles. The molecule has 0 bridgehead atoms. The normalized spacial score (nSPS) is 12.5. The summed E-state index contributed by atoms with van der Waals surface area (Å²) in [7, 11) is 0. The number of nitrogens with zero attached hydrogens (tertiary/aromatic N) is 2. The second-order valence-corrected chi connectivity index (χ2v) is 4.31. The summed E-state index contributed by atoms with van der Waals surface area (Å²) >= 11 is 0. The molecule has 2 rings (SSSR count). The fourth-order valence-electron chi connectivity index (χ4n) is 1.78. The van der Waals surface area contributed by atoms with Gasteiger partial charge >= 0.3 is 0 Å². The molecule has 19 heavy (non-hydrogen) atoms. The van der Waals surface area contributed by atoms with E-state index in [2.05, 4.69) is 15.4 Å². The molecule has 1 aromatic heterocycles. The van der Waals surface area contributed by atoms with Crippen molar-refractivity contribution in [3.05, 3.63) is 58.7 Å². The Bertz CT molecular complexity index is 584.